The van der Waals surface area contributed by atoms with E-state index in [0.29, 0.717) is 0 Å². The smallest absolute Gasteiger partial charge is 0.218 e. The second-order valence-electron chi connectivity index (χ2n) is 3.27. The minimum absolute atomic E-state index is 0.514. The van der Waals surface area contributed by atoms with Crippen LogP contribution in [0.15, 0.2) is 25.9 Å². The van der Waals surface area contributed by atoms with E-state index in [4.69, 9.17) is 4.74 Å². The summed E-state index contributed by atoms with van der Waals surface area (Å²) in [4.78, 5) is 52.1. The highest BCUT2D eigenvalue weighted by Crippen LogP contribution is 2.28. The number of nitrogens with zero attached hydrogens (tertiary/aromatic N) is 5. The van der Waals surface area contributed by atoms with Crippen molar-refractivity contribution < 1.29 is 4.74 Å². The Kier molecular flexibility index (Phi) is 4.51. The first-order valence-corrected chi connectivity index (χ1v) is 4.47. The van der Waals surface area contributed by atoms with Crippen molar-refractivity contribution in [2.75, 3.05) is 6.54 Å². The molecule has 0 saturated carbocycles. The SMILES string of the molecule is O=NCC1O[C@H](N=O)C(N=O)[C@@H](N=O)[C@@H]1N=O. The van der Waals surface area contributed by atoms with Crippen LogP contribution in [0.2, 0.25) is 0 Å². The van der Waals surface area contributed by atoms with Gasteiger partial charge in [-0.2, -0.15) is 19.6 Å². The van der Waals surface area contributed by atoms with Gasteiger partial charge in [0.1, 0.15) is 18.7 Å². The third-order valence-corrected chi connectivity index (χ3v) is 2.41. The van der Waals surface area contributed by atoms with Crippen molar-refractivity contribution in [2.45, 2.75) is 30.5 Å². The lowest BCUT2D eigenvalue weighted by Gasteiger charge is -2.33. The maximum Gasteiger partial charge on any atom is 0.218 e. The molecule has 1 fully saturated rings. The van der Waals surface area contributed by atoms with Crippen LogP contribution < -0.4 is 0 Å². The van der Waals surface area contributed by atoms with E-state index in [0.717, 1.165) is 0 Å². The van der Waals surface area contributed by atoms with Crippen molar-refractivity contribution >= 4 is 0 Å². The lowest BCUT2D eigenvalue weighted by atomic mass is 9.93. The third kappa shape index (κ3) is 2.38. The highest BCUT2D eigenvalue weighted by molar-refractivity contribution is 5.03. The van der Waals surface area contributed by atoms with Gasteiger partial charge in [-0.05, 0) is 5.18 Å². The van der Waals surface area contributed by atoms with E-state index in [2.05, 4.69) is 25.9 Å². The Morgan fingerprint density at radius 3 is 1.76 bits per heavy atom. The molecule has 11 nitrogen and oxygen atoms in total. The Morgan fingerprint density at radius 2 is 1.35 bits per heavy atom. The van der Waals surface area contributed by atoms with E-state index in [1.807, 2.05) is 0 Å². The molecule has 1 saturated heterocycles. The zero-order chi connectivity index (χ0) is 12.8. The van der Waals surface area contributed by atoms with Gasteiger partial charge in [0.25, 0.3) is 0 Å². The fraction of sp³-hybridized carbons (Fsp3) is 1.00. The predicted molar refractivity (Wildman–Crippen MR) is 53.9 cm³/mol. The summed E-state index contributed by atoms with van der Waals surface area (Å²) < 4.78 is 4.86. The van der Waals surface area contributed by atoms with Gasteiger partial charge < -0.3 is 4.74 Å². The first-order chi connectivity index (χ1) is 8.23. The summed E-state index contributed by atoms with van der Waals surface area (Å²) in [6.07, 6.45) is -2.80. The fourth-order valence-corrected chi connectivity index (χ4v) is 1.61. The van der Waals surface area contributed by atoms with Crippen molar-refractivity contribution in [3.8, 4) is 0 Å². The molecule has 5 atom stereocenters. The molecule has 0 aliphatic carbocycles. The summed E-state index contributed by atoms with van der Waals surface area (Å²) >= 11 is 0. The molecular weight excluding hydrogens is 238 g/mol. The van der Waals surface area contributed by atoms with Crippen molar-refractivity contribution in [3.63, 3.8) is 0 Å². The normalized spacial score (nSPS) is 36.8. The molecule has 0 amide bonds. The molecule has 0 aromatic carbocycles. The number of hydrogen-bond acceptors (Lipinski definition) is 11. The van der Waals surface area contributed by atoms with Crippen molar-refractivity contribution in [3.05, 3.63) is 24.5 Å². The first-order valence-electron chi connectivity index (χ1n) is 4.47. The molecular formula is C6H7N5O6. The van der Waals surface area contributed by atoms with Gasteiger partial charge in [-0.3, -0.25) is 0 Å². The molecule has 0 spiro atoms. The molecule has 17 heavy (non-hydrogen) atoms. The van der Waals surface area contributed by atoms with Gasteiger partial charge in [0, 0.05) is 0 Å². The molecule has 0 N–H and O–H groups in total. The van der Waals surface area contributed by atoms with Gasteiger partial charge in [-0.1, -0.05) is 20.7 Å². The number of ether oxygens (including phenoxy) is 1. The van der Waals surface area contributed by atoms with Crippen LogP contribution in [0.3, 0.4) is 0 Å². The Hall–Kier alpha value is -2.04. The number of nitroso groups, excluding NO2 is 5. The predicted octanol–water partition coefficient (Wildman–Crippen LogP) is 0.649. The molecule has 1 aliphatic rings. The second kappa shape index (κ2) is 5.89. The van der Waals surface area contributed by atoms with Crippen molar-refractivity contribution in [1.29, 1.82) is 0 Å². The number of hydrogen-bond donors (Lipinski definition) is 0. The van der Waals surface area contributed by atoms with Crippen molar-refractivity contribution in [1.82, 2.24) is 0 Å². The van der Waals surface area contributed by atoms with E-state index >= 15 is 0 Å². The molecule has 1 aliphatic heterocycles. The zero-order valence-electron chi connectivity index (χ0n) is 8.28. The largest absolute Gasteiger partial charge is 0.343 e. The summed E-state index contributed by atoms with van der Waals surface area (Å²) in [5, 5.41) is 12.5. The minimum Gasteiger partial charge on any atom is -0.343 e. The van der Waals surface area contributed by atoms with Crippen LogP contribution >= 0.6 is 0 Å². The summed E-state index contributed by atoms with van der Waals surface area (Å²) in [5.74, 6) is 0. The fourth-order valence-electron chi connectivity index (χ4n) is 1.61. The molecule has 0 aromatic rings. The Bertz CT molecular complexity index is 337. The van der Waals surface area contributed by atoms with Crippen LogP contribution in [0.25, 0.3) is 0 Å². The summed E-state index contributed by atoms with van der Waals surface area (Å²) in [7, 11) is 0. The lowest BCUT2D eigenvalue weighted by Crippen LogP contribution is -2.55. The van der Waals surface area contributed by atoms with Crippen LogP contribution in [0.1, 0.15) is 0 Å². The molecule has 1 heterocycles. The van der Waals surface area contributed by atoms with Crippen LogP contribution in [-0.4, -0.2) is 37.0 Å². The Balaban J connectivity index is 3.03. The highest BCUT2D eigenvalue weighted by atomic mass is 16.5. The second-order valence-corrected chi connectivity index (χ2v) is 3.27. The van der Waals surface area contributed by atoms with E-state index in [-0.39, 0.29) is 0 Å². The summed E-state index contributed by atoms with van der Waals surface area (Å²) in [6, 6.07) is -4.42. The van der Waals surface area contributed by atoms with Crippen LogP contribution in [0.4, 0.5) is 0 Å². The quantitative estimate of drug-likeness (QED) is 0.625. The van der Waals surface area contributed by atoms with Gasteiger partial charge in [-0.25, -0.2) is 0 Å². The Morgan fingerprint density at radius 1 is 0.765 bits per heavy atom. The van der Waals surface area contributed by atoms with Gasteiger partial charge in [0.15, 0.2) is 12.1 Å². The van der Waals surface area contributed by atoms with Crippen LogP contribution in [0.5, 0.6) is 0 Å². The molecule has 2 unspecified atom stereocenters. The standard InChI is InChI=1S/C6H7N5O6/c12-7-1-2-3(8-13)4(9-14)5(10-15)6(11-16)17-2/h2-6H,1H2/t2?,3-,4+,5?,6+/m1/s1. The summed E-state index contributed by atoms with van der Waals surface area (Å²) in [6.45, 7) is -0.514. The molecule has 0 aromatic heterocycles. The summed E-state index contributed by atoms with van der Waals surface area (Å²) in [5.41, 5.74) is 0. The topological polar surface area (TPSA) is 156 Å². The molecule has 92 valence electrons. The molecule has 11 heteroatoms. The van der Waals surface area contributed by atoms with Gasteiger partial charge >= 0.3 is 0 Å². The highest BCUT2D eigenvalue weighted by Gasteiger charge is 2.50. The monoisotopic (exact) mass is 245 g/mol. The average Bonchev–Trinajstić information content (AvgIpc) is 2.37. The number of rotatable bonds is 6. The maximum atomic E-state index is 10.6. The van der Waals surface area contributed by atoms with Crippen LogP contribution in [-0.2, 0) is 4.74 Å². The van der Waals surface area contributed by atoms with Gasteiger partial charge in [-0.15, -0.1) is 4.91 Å². The molecule has 1 rings (SSSR count). The lowest BCUT2D eigenvalue weighted by molar-refractivity contribution is -0.0699. The average molecular weight is 245 g/mol. The van der Waals surface area contributed by atoms with E-state index in [1.54, 1.807) is 0 Å². The maximum absolute atomic E-state index is 10.6. The van der Waals surface area contributed by atoms with Crippen LogP contribution in [0, 0.1) is 24.5 Å². The molecule has 0 radical (unpaired) electrons. The third-order valence-electron chi connectivity index (χ3n) is 2.41. The van der Waals surface area contributed by atoms with E-state index in [9.17, 15) is 24.5 Å². The van der Waals surface area contributed by atoms with E-state index < -0.39 is 37.0 Å². The first kappa shape index (κ1) is 13.0. The zero-order valence-corrected chi connectivity index (χ0v) is 8.28. The minimum atomic E-state index is -1.58. The molecule has 0 bridgehead atoms. The van der Waals surface area contributed by atoms with Gasteiger partial charge in [0.05, 0.1) is 0 Å². The van der Waals surface area contributed by atoms with Crippen molar-refractivity contribution in [2.24, 2.45) is 25.9 Å². The van der Waals surface area contributed by atoms with Gasteiger partial charge in [0.2, 0.25) is 6.23 Å². The Labute approximate surface area is 93.1 Å². The van der Waals surface area contributed by atoms with E-state index in [1.165, 1.54) is 0 Å².